The monoisotopic (exact) mass is 324 g/mol. The van der Waals surface area contributed by atoms with Crippen molar-refractivity contribution in [1.82, 2.24) is 10.2 Å². The molecular formula is C20H40N2O. The number of unbranched alkanes of at least 4 members (excludes halogenated alkanes) is 7. The molecule has 1 unspecified atom stereocenters. The van der Waals surface area contributed by atoms with Crippen LogP contribution in [0.5, 0.6) is 0 Å². The lowest BCUT2D eigenvalue weighted by Gasteiger charge is -2.33. The van der Waals surface area contributed by atoms with Crippen molar-refractivity contribution in [3.63, 3.8) is 0 Å². The molecule has 1 N–H and O–H groups in total. The Kier molecular flexibility index (Phi) is 10.4. The van der Waals surface area contributed by atoms with Gasteiger partial charge in [0.05, 0.1) is 0 Å². The molecule has 136 valence electrons. The average molecular weight is 325 g/mol. The van der Waals surface area contributed by atoms with Gasteiger partial charge in [-0.1, -0.05) is 71.6 Å². The summed E-state index contributed by atoms with van der Waals surface area (Å²) >= 11 is 0. The standard InChI is InChI=1S/C20H40N2O/c1-4-6-8-10-12-16-20(3,15-11-9-7-5-2)21-19(23)22-17-13-14-18-22/h4-18H2,1-3H3,(H,21,23). The smallest absolute Gasteiger partial charge is 0.317 e. The van der Waals surface area contributed by atoms with Gasteiger partial charge < -0.3 is 10.2 Å². The second kappa shape index (κ2) is 11.8. The van der Waals surface area contributed by atoms with Gasteiger partial charge in [0, 0.05) is 18.6 Å². The molecule has 1 rings (SSSR count). The zero-order chi connectivity index (χ0) is 17.0. The summed E-state index contributed by atoms with van der Waals surface area (Å²) in [5.74, 6) is 0. The van der Waals surface area contributed by atoms with E-state index in [9.17, 15) is 4.79 Å². The van der Waals surface area contributed by atoms with Gasteiger partial charge in [-0.25, -0.2) is 4.79 Å². The molecule has 1 aliphatic rings. The van der Waals surface area contributed by atoms with E-state index in [0.717, 1.165) is 38.8 Å². The Hall–Kier alpha value is -0.730. The average Bonchev–Trinajstić information content (AvgIpc) is 3.06. The number of amides is 2. The van der Waals surface area contributed by atoms with Crippen LogP contribution < -0.4 is 5.32 Å². The molecule has 3 heteroatoms. The summed E-state index contributed by atoms with van der Waals surface area (Å²) in [4.78, 5) is 14.5. The Morgan fingerprint density at radius 1 is 0.870 bits per heavy atom. The molecule has 0 spiro atoms. The summed E-state index contributed by atoms with van der Waals surface area (Å²) in [5.41, 5.74) is -0.0143. The highest BCUT2D eigenvalue weighted by atomic mass is 16.2. The van der Waals surface area contributed by atoms with Gasteiger partial charge in [-0.3, -0.25) is 0 Å². The number of likely N-dealkylation sites (tertiary alicyclic amines) is 1. The van der Waals surface area contributed by atoms with Gasteiger partial charge in [0.25, 0.3) is 0 Å². The minimum Gasteiger partial charge on any atom is -0.333 e. The first kappa shape index (κ1) is 20.3. The minimum atomic E-state index is -0.0143. The fraction of sp³-hybridized carbons (Fsp3) is 0.950. The van der Waals surface area contributed by atoms with Gasteiger partial charge in [0.1, 0.15) is 0 Å². The normalized spacial score (nSPS) is 17.3. The summed E-state index contributed by atoms with van der Waals surface area (Å²) < 4.78 is 0. The van der Waals surface area contributed by atoms with Crippen LogP contribution >= 0.6 is 0 Å². The largest absolute Gasteiger partial charge is 0.333 e. The number of carbonyl (C=O) groups excluding carboxylic acids is 1. The Bertz CT molecular complexity index is 313. The van der Waals surface area contributed by atoms with Gasteiger partial charge >= 0.3 is 6.03 Å². The lowest BCUT2D eigenvalue weighted by atomic mass is 9.88. The third-order valence-corrected chi connectivity index (χ3v) is 5.22. The van der Waals surface area contributed by atoms with E-state index < -0.39 is 0 Å². The zero-order valence-electron chi connectivity index (χ0n) is 16.0. The first-order valence-electron chi connectivity index (χ1n) is 10.2. The quantitative estimate of drug-likeness (QED) is 0.447. The van der Waals surface area contributed by atoms with Crippen molar-refractivity contribution in [3.8, 4) is 0 Å². The molecule has 1 saturated heterocycles. The number of rotatable bonds is 12. The first-order valence-corrected chi connectivity index (χ1v) is 10.2. The fourth-order valence-electron chi connectivity index (χ4n) is 3.57. The topological polar surface area (TPSA) is 32.3 Å². The molecule has 0 aliphatic carbocycles. The van der Waals surface area contributed by atoms with Crippen LogP contribution in [0, 0.1) is 0 Å². The minimum absolute atomic E-state index is 0.0143. The van der Waals surface area contributed by atoms with Crippen LogP contribution in [0.1, 0.15) is 104 Å². The van der Waals surface area contributed by atoms with E-state index in [0.29, 0.717) is 0 Å². The third kappa shape index (κ3) is 8.62. The van der Waals surface area contributed by atoms with Crippen molar-refractivity contribution in [2.45, 2.75) is 110 Å². The molecule has 0 radical (unpaired) electrons. The fourth-order valence-corrected chi connectivity index (χ4v) is 3.57. The lowest BCUT2D eigenvalue weighted by molar-refractivity contribution is 0.188. The Morgan fingerprint density at radius 2 is 1.35 bits per heavy atom. The van der Waals surface area contributed by atoms with Gasteiger partial charge in [0.15, 0.2) is 0 Å². The van der Waals surface area contributed by atoms with Gasteiger partial charge in [-0.2, -0.15) is 0 Å². The molecule has 1 aliphatic heterocycles. The second-order valence-electron chi connectivity index (χ2n) is 7.66. The summed E-state index contributed by atoms with van der Waals surface area (Å²) in [5, 5.41) is 3.39. The number of nitrogens with zero attached hydrogens (tertiary/aromatic N) is 1. The van der Waals surface area contributed by atoms with E-state index in [1.807, 2.05) is 4.90 Å². The summed E-state index contributed by atoms with van der Waals surface area (Å²) in [7, 11) is 0. The number of nitrogens with one attached hydrogen (secondary N) is 1. The van der Waals surface area contributed by atoms with Crippen LogP contribution in [-0.2, 0) is 0 Å². The Labute approximate surface area is 144 Å². The third-order valence-electron chi connectivity index (χ3n) is 5.22. The van der Waals surface area contributed by atoms with E-state index in [-0.39, 0.29) is 11.6 Å². The summed E-state index contributed by atoms with van der Waals surface area (Å²) in [6, 6.07) is 0.175. The maximum absolute atomic E-state index is 12.5. The van der Waals surface area contributed by atoms with Crippen molar-refractivity contribution in [3.05, 3.63) is 0 Å². The molecule has 1 fully saturated rings. The van der Waals surface area contributed by atoms with Crippen LogP contribution in [0.3, 0.4) is 0 Å². The summed E-state index contributed by atoms with van der Waals surface area (Å²) in [6.45, 7) is 8.66. The maximum Gasteiger partial charge on any atom is 0.317 e. The Balaban J connectivity index is 2.42. The van der Waals surface area contributed by atoms with Crippen molar-refractivity contribution >= 4 is 6.03 Å². The predicted octanol–water partition coefficient (Wildman–Crippen LogP) is 5.88. The van der Waals surface area contributed by atoms with Crippen LogP contribution in [0.2, 0.25) is 0 Å². The Morgan fingerprint density at radius 3 is 1.87 bits per heavy atom. The van der Waals surface area contributed by atoms with Crippen LogP contribution in [0.25, 0.3) is 0 Å². The maximum atomic E-state index is 12.5. The van der Waals surface area contributed by atoms with Crippen molar-refractivity contribution in [2.75, 3.05) is 13.1 Å². The van der Waals surface area contributed by atoms with Crippen LogP contribution in [-0.4, -0.2) is 29.6 Å². The second-order valence-corrected chi connectivity index (χ2v) is 7.66. The van der Waals surface area contributed by atoms with E-state index in [2.05, 4.69) is 26.1 Å². The zero-order valence-corrected chi connectivity index (χ0v) is 16.0. The molecular weight excluding hydrogens is 284 g/mol. The number of urea groups is 1. The molecule has 0 saturated carbocycles. The molecule has 0 aromatic carbocycles. The van der Waals surface area contributed by atoms with E-state index in [1.54, 1.807) is 0 Å². The van der Waals surface area contributed by atoms with E-state index >= 15 is 0 Å². The molecule has 0 bridgehead atoms. The summed E-state index contributed by atoms with van der Waals surface area (Å²) in [6.07, 6.45) is 16.2. The predicted molar refractivity (Wildman–Crippen MR) is 99.9 cm³/mol. The van der Waals surface area contributed by atoms with Gasteiger partial charge in [0.2, 0.25) is 0 Å². The van der Waals surface area contributed by atoms with Crippen molar-refractivity contribution < 1.29 is 4.79 Å². The molecule has 0 aromatic rings. The highest BCUT2D eigenvalue weighted by Gasteiger charge is 2.28. The van der Waals surface area contributed by atoms with Crippen LogP contribution in [0.4, 0.5) is 4.79 Å². The van der Waals surface area contributed by atoms with Crippen LogP contribution in [0.15, 0.2) is 0 Å². The van der Waals surface area contributed by atoms with Gasteiger partial charge in [-0.15, -0.1) is 0 Å². The van der Waals surface area contributed by atoms with E-state index in [1.165, 1.54) is 57.8 Å². The molecule has 3 nitrogen and oxygen atoms in total. The molecule has 0 aromatic heterocycles. The first-order chi connectivity index (χ1) is 11.1. The number of carbonyl (C=O) groups is 1. The number of hydrogen-bond acceptors (Lipinski definition) is 1. The molecule has 23 heavy (non-hydrogen) atoms. The lowest BCUT2D eigenvalue weighted by Crippen LogP contribution is -2.51. The molecule has 1 heterocycles. The van der Waals surface area contributed by atoms with E-state index in [4.69, 9.17) is 0 Å². The van der Waals surface area contributed by atoms with Gasteiger partial charge in [-0.05, 0) is 32.6 Å². The van der Waals surface area contributed by atoms with Crippen molar-refractivity contribution in [2.24, 2.45) is 0 Å². The van der Waals surface area contributed by atoms with Crippen molar-refractivity contribution in [1.29, 1.82) is 0 Å². The highest BCUT2D eigenvalue weighted by molar-refractivity contribution is 5.75. The highest BCUT2D eigenvalue weighted by Crippen LogP contribution is 2.24. The molecule has 2 amide bonds. The number of hydrogen-bond donors (Lipinski definition) is 1. The molecule has 1 atom stereocenters. The SMILES string of the molecule is CCCCCCCC(C)(CCCCCC)NC(=O)N1CCCC1.